The minimum atomic E-state index is -0.391. The number of nitrogens with zero attached hydrogens (tertiary/aromatic N) is 2. The molecule has 1 aliphatic carbocycles. The number of aromatic nitrogens is 2. The molecule has 4 rings (SSSR count). The molecule has 3 aromatic rings. The average Bonchev–Trinajstić information content (AvgIpc) is 3.13. The van der Waals surface area contributed by atoms with Crippen molar-refractivity contribution < 1.29 is 9.59 Å². The minimum Gasteiger partial charge on any atom is -0.325 e. The third-order valence-corrected chi connectivity index (χ3v) is 8.22. The Balaban J connectivity index is 1.57. The molecule has 0 unspecified atom stereocenters. The van der Waals surface area contributed by atoms with Crippen LogP contribution in [0.4, 0.5) is 5.69 Å². The molecule has 162 valence electrons. The Kier molecular flexibility index (Phi) is 6.29. The lowest BCUT2D eigenvalue weighted by molar-refractivity contribution is -0.115. The van der Waals surface area contributed by atoms with E-state index in [-0.39, 0.29) is 17.2 Å². The summed E-state index contributed by atoms with van der Waals surface area (Å²) in [6.07, 6.45) is 4.83. The van der Waals surface area contributed by atoms with E-state index in [1.54, 1.807) is 47.2 Å². The van der Waals surface area contributed by atoms with Crippen molar-refractivity contribution in [3.8, 4) is 0 Å². The Morgan fingerprint density at radius 1 is 1.23 bits per heavy atom. The van der Waals surface area contributed by atoms with Gasteiger partial charge in [0, 0.05) is 23.2 Å². The van der Waals surface area contributed by atoms with Gasteiger partial charge in [0.05, 0.1) is 10.6 Å². The first-order chi connectivity index (χ1) is 14.9. The van der Waals surface area contributed by atoms with Gasteiger partial charge in [0.1, 0.15) is 4.83 Å². The number of hydrogen-bond donors (Lipinski definition) is 1. The number of amides is 1. The first kappa shape index (κ1) is 21.8. The van der Waals surface area contributed by atoms with Gasteiger partial charge >= 0.3 is 0 Å². The summed E-state index contributed by atoms with van der Waals surface area (Å²) in [5.74, 6) is -0.166. The van der Waals surface area contributed by atoms with E-state index < -0.39 is 5.25 Å². The zero-order valence-corrected chi connectivity index (χ0v) is 19.5. The molecule has 2 heterocycles. The molecule has 31 heavy (non-hydrogen) atoms. The molecule has 0 bridgehead atoms. The second-order valence-electron chi connectivity index (χ2n) is 7.79. The Bertz CT molecular complexity index is 1210. The van der Waals surface area contributed by atoms with E-state index in [0.717, 1.165) is 35.9 Å². The van der Waals surface area contributed by atoms with E-state index in [1.807, 2.05) is 6.92 Å². The highest BCUT2D eigenvalue weighted by molar-refractivity contribution is 8.00. The quantitative estimate of drug-likeness (QED) is 0.334. The number of thioether (sulfide) groups is 1. The smallest absolute Gasteiger partial charge is 0.262 e. The van der Waals surface area contributed by atoms with E-state index in [4.69, 9.17) is 4.98 Å². The van der Waals surface area contributed by atoms with E-state index in [9.17, 15) is 14.4 Å². The van der Waals surface area contributed by atoms with E-state index in [2.05, 4.69) is 5.32 Å². The molecule has 0 spiro atoms. The van der Waals surface area contributed by atoms with E-state index >= 15 is 0 Å². The number of fused-ring (bicyclic) bond motifs is 3. The average molecular weight is 456 g/mol. The second kappa shape index (κ2) is 8.96. The van der Waals surface area contributed by atoms with Crippen LogP contribution in [-0.4, -0.2) is 26.5 Å². The number of carbonyl (C=O) groups excluding carboxylic acids is 2. The maximum Gasteiger partial charge on any atom is 0.262 e. The molecular formula is C23H25N3O3S2. The maximum atomic E-state index is 13.1. The number of nitrogens with one attached hydrogen (secondary N) is 1. The van der Waals surface area contributed by atoms with Gasteiger partial charge in [-0.25, -0.2) is 4.98 Å². The van der Waals surface area contributed by atoms with Crippen LogP contribution in [0.2, 0.25) is 0 Å². The largest absolute Gasteiger partial charge is 0.325 e. The monoisotopic (exact) mass is 455 g/mol. The molecule has 8 heteroatoms. The molecule has 1 atom stereocenters. The van der Waals surface area contributed by atoms with E-state index in [1.165, 1.54) is 29.1 Å². The molecule has 0 saturated carbocycles. The van der Waals surface area contributed by atoms with Gasteiger partial charge in [-0.05, 0) is 68.9 Å². The fraction of sp³-hybridized carbons (Fsp3) is 0.391. The van der Waals surface area contributed by atoms with Crippen molar-refractivity contribution in [2.45, 2.75) is 56.4 Å². The summed E-state index contributed by atoms with van der Waals surface area (Å²) < 4.78 is 1.58. The number of Topliss-reactive ketones (excluding diaryl/α,β-unsaturated/α-hetero) is 1. The fourth-order valence-corrected chi connectivity index (χ4v) is 6.11. The van der Waals surface area contributed by atoms with Crippen molar-refractivity contribution in [1.29, 1.82) is 0 Å². The number of benzene rings is 1. The first-order valence-electron chi connectivity index (χ1n) is 10.5. The summed E-state index contributed by atoms with van der Waals surface area (Å²) in [6.45, 7) is 3.45. The summed E-state index contributed by atoms with van der Waals surface area (Å²) in [4.78, 5) is 44.2. The number of hydrogen-bond acceptors (Lipinski definition) is 6. The van der Waals surface area contributed by atoms with Crippen molar-refractivity contribution in [3.05, 3.63) is 50.6 Å². The first-order valence-corrected chi connectivity index (χ1v) is 12.2. The lowest BCUT2D eigenvalue weighted by Crippen LogP contribution is -2.27. The lowest BCUT2D eigenvalue weighted by Gasteiger charge is -2.16. The predicted molar refractivity (Wildman–Crippen MR) is 127 cm³/mol. The highest BCUT2D eigenvalue weighted by atomic mass is 32.2. The van der Waals surface area contributed by atoms with Crippen LogP contribution in [0.25, 0.3) is 10.2 Å². The van der Waals surface area contributed by atoms with Crippen LogP contribution in [0.5, 0.6) is 0 Å². The predicted octanol–water partition coefficient (Wildman–Crippen LogP) is 4.59. The number of thiophene rings is 1. The SMILES string of the molecule is CC[C@@H](Sc1nc2sc3c(c2c(=O)n1C)CCCC3)C(=O)Nc1ccc(C(C)=O)cc1. The molecule has 0 fully saturated rings. The molecule has 1 amide bonds. The Labute approximate surface area is 189 Å². The van der Waals surface area contributed by atoms with Crippen molar-refractivity contribution >= 4 is 50.7 Å². The van der Waals surface area contributed by atoms with Gasteiger partial charge in [0.2, 0.25) is 5.91 Å². The number of aryl methyl sites for hydroxylation is 2. The summed E-state index contributed by atoms with van der Waals surface area (Å²) in [5.41, 5.74) is 2.39. The molecule has 1 N–H and O–H groups in total. The van der Waals surface area contributed by atoms with Gasteiger partial charge < -0.3 is 5.32 Å². The van der Waals surface area contributed by atoms with Crippen molar-refractivity contribution in [3.63, 3.8) is 0 Å². The summed E-state index contributed by atoms with van der Waals surface area (Å²) in [5, 5.41) is 3.83. The molecule has 0 saturated heterocycles. The summed E-state index contributed by atoms with van der Waals surface area (Å²) in [7, 11) is 1.73. The third kappa shape index (κ3) is 4.32. The van der Waals surface area contributed by atoms with Crippen molar-refractivity contribution in [1.82, 2.24) is 9.55 Å². The molecule has 0 radical (unpaired) electrons. The van der Waals surface area contributed by atoms with Crippen LogP contribution >= 0.6 is 23.1 Å². The van der Waals surface area contributed by atoms with Crippen LogP contribution in [0, 0.1) is 0 Å². The van der Waals surface area contributed by atoms with Gasteiger partial charge in [-0.2, -0.15) is 0 Å². The highest BCUT2D eigenvalue weighted by Crippen LogP contribution is 2.35. The van der Waals surface area contributed by atoms with Gasteiger partial charge in [-0.1, -0.05) is 18.7 Å². The standard InChI is InChI=1S/C23H25N3O3S2/c1-4-17(20(28)24-15-11-9-14(10-12-15)13(2)27)31-23-25-21-19(22(29)26(23)3)16-7-5-6-8-18(16)30-21/h9-12,17H,4-8H2,1-3H3,(H,24,28)/t17-/m1/s1. The molecular weight excluding hydrogens is 430 g/mol. The second-order valence-corrected chi connectivity index (χ2v) is 10.0. The highest BCUT2D eigenvalue weighted by Gasteiger charge is 2.24. The number of anilines is 1. The fourth-order valence-electron chi connectivity index (χ4n) is 3.83. The molecule has 1 aliphatic rings. The number of ketones is 1. The van der Waals surface area contributed by atoms with Crippen molar-refractivity contribution in [2.75, 3.05) is 5.32 Å². The van der Waals surface area contributed by atoms with Crippen LogP contribution in [0.1, 0.15) is 53.9 Å². The Hall–Kier alpha value is -2.45. The van der Waals surface area contributed by atoms with Crippen LogP contribution in [0.3, 0.4) is 0 Å². The minimum absolute atomic E-state index is 0.0162. The Morgan fingerprint density at radius 2 is 1.94 bits per heavy atom. The zero-order chi connectivity index (χ0) is 22.1. The van der Waals surface area contributed by atoms with Gasteiger partial charge in [-0.3, -0.25) is 19.0 Å². The Morgan fingerprint density at radius 3 is 2.61 bits per heavy atom. The number of rotatable bonds is 6. The van der Waals surface area contributed by atoms with Crippen LogP contribution in [-0.2, 0) is 24.7 Å². The molecule has 2 aromatic heterocycles. The number of carbonyl (C=O) groups is 2. The third-order valence-electron chi connectivity index (χ3n) is 5.63. The molecule has 1 aromatic carbocycles. The summed E-state index contributed by atoms with van der Waals surface area (Å²) in [6, 6.07) is 6.85. The van der Waals surface area contributed by atoms with Crippen LogP contribution in [0.15, 0.2) is 34.2 Å². The van der Waals surface area contributed by atoms with E-state index in [0.29, 0.717) is 22.8 Å². The zero-order valence-electron chi connectivity index (χ0n) is 17.9. The van der Waals surface area contributed by atoms with Crippen molar-refractivity contribution in [2.24, 2.45) is 7.05 Å². The maximum absolute atomic E-state index is 13.1. The van der Waals surface area contributed by atoms with Crippen LogP contribution < -0.4 is 10.9 Å². The lowest BCUT2D eigenvalue weighted by atomic mass is 9.97. The van der Waals surface area contributed by atoms with Gasteiger partial charge in [-0.15, -0.1) is 11.3 Å². The summed E-state index contributed by atoms with van der Waals surface area (Å²) >= 11 is 2.94. The molecule has 6 nitrogen and oxygen atoms in total. The molecule has 0 aliphatic heterocycles. The van der Waals surface area contributed by atoms with Gasteiger partial charge in [0.25, 0.3) is 5.56 Å². The topological polar surface area (TPSA) is 81.1 Å². The normalized spacial score (nSPS) is 14.3. The van der Waals surface area contributed by atoms with Gasteiger partial charge in [0.15, 0.2) is 10.9 Å².